The zero-order valence-electron chi connectivity index (χ0n) is 10.1. The highest BCUT2D eigenvalue weighted by atomic mass is 16.1. The predicted molar refractivity (Wildman–Crippen MR) is 69.4 cm³/mol. The van der Waals surface area contributed by atoms with Gasteiger partial charge < -0.3 is 5.32 Å². The van der Waals surface area contributed by atoms with Gasteiger partial charge in [0.2, 0.25) is 5.91 Å². The highest BCUT2D eigenvalue weighted by Gasteiger charge is 2.12. The largest absolute Gasteiger partial charge is 0.323 e. The van der Waals surface area contributed by atoms with Crippen molar-refractivity contribution in [3.8, 4) is 0 Å². The average molecular weight is 241 g/mol. The van der Waals surface area contributed by atoms with E-state index in [1.807, 2.05) is 0 Å². The Hall–Kier alpha value is -2.10. The Morgan fingerprint density at radius 2 is 2.22 bits per heavy atom. The van der Waals surface area contributed by atoms with E-state index in [4.69, 9.17) is 0 Å². The van der Waals surface area contributed by atoms with Crippen molar-refractivity contribution in [2.75, 3.05) is 5.32 Å². The molecule has 0 unspecified atom stereocenters. The summed E-state index contributed by atoms with van der Waals surface area (Å²) >= 11 is 0. The highest BCUT2D eigenvalue weighted by molar-refractivity contribution is 5.91. The van der Waals surface area contributed by atoms with E-state index in [-0.39, 0.29) is 5.91 Å². The van der Waals surface area contributed by atoms with Crippen molar-refractivity contribution in [3.63, 3.8) is 0 Å². The number of anilines is 1. The summed E-state index contributed by atoms with van der Waals surface area (Å²) in [5, 5.41) is 9.26. The molecule has 0 aliphatic heterocycles. The van der Waals surface area contributed by atoms with Crippen LogP contribution in [-0.4, -0.2) is 16.1 Å². The van der Waals surface area contributed by atoms with Crippen molar-refractivity contribution >= 4 is 11.6 Å². The van der Waals surface area contributed by atoms with E-state index in [1.165, 1.54) is 24.0 Å². The molecule has 18 heavy (non-hydrogen) atoms. The summed E-state index contributed by atoms with van der Waals surface area (Å²) in [5.41, 5.74) is 4.63. The minimum Gasteiger partial charge on any atom is -0.323 e. The van der Waals surface area contributed by atoms with Gasteiger partial charge in [0.05, 0.1) is 18.3 Å². The van der Waals surface area contributed by atoms with Crippen LogP contribution in [0.1, 0.15) is 23.1 Å². The second-order valence-corrected chi connectivity index (χ2v) is 4.67. The molecular weight excluding hydrogens is 226 g/mol. The van der Waals surface area contributed by atoms with Crippen molar-refractivity contribution in [2.45, 2.75) is 25.7 Å². The number of hydrogen-bond donors (Lipinski definition) is 2. The smallest absolute Gasteiger partial charge is 0.228 e. The van der Waals surface area contributed by atoms with Gasteiger partial charge in [-0.05, 0) is 36.0 Å². The Morgan fingerprint density at radius 3 is 3.06 bits per heavy atom. The molecule has 2 aromatic rings. The lowest BCUT2D eigenvalue weighted by atomic mass is 10.0. The molecule has 2 N–H and O–H groups in total. The predicted octanol–water partition coefficient (Wildman–Crippen LogP) is 2.08. The number of carbonyl (C=O) groups is 1. The maximum Gasteiger partial charge on any atom is 0.228 e. The molecule has 0 atom stereocenters. The second kappa shape index (κ2) is 4.64. The molecule has 1 amide bonds. The normalized spacial score (nSPS) is 13.3. The van der Waals surface area contributed by atoms with Crippen molar-refractivity contribution in [2.24, 2.45) is 0 Å². The lowest BCUT2D eigenvalue weighted by molar-refractivity contribution is -0.115. The zero-order chi connectivity index (χ0) is 12.4. The summed E-state index contributed by atoms with van der Waals surface area (Å²) in [6.45, 7) is 0. The SMILES string of the molecule is O=C(Cc1ccc2c(c1)CCC2)Nc1cn[nH]c1. The topological polar surface area (TPSA) is 57.8 Å². The summed E-state index contributed by atoms with van der Waals surface area (Å²) in [6, 6.07) is 6.37. The lowest BCUT2D eigenvalue weighted by Gasteiger charge is -2.05. The van der Waals surface area contributed by atoms with Gasteiger partial charge >= 0.3 is 0 Å². The molecule has 1 aromatic heterocycles. The fraction of sp³-hybridized carbons (Fsp3) is 0.286. The Kier molecular flexibility index (Phi) is 2.84. The number of rotatable bonds is 3. The number of aryl methyl sites for hydroxylation is 2. The molecule has 3 rings (SSSR count). The van der Waals surface area contributed by atoms with Crippen LogP contribution in [0.15, 0.2) is 30.6 Å². The molecule has 1 aromatic carbocycles. The summed E-state index contributed by atoms with van der Waals surface area (Å²) in [4.78, 5) is 11.8. The van der Waals surface area contributed by atoms with E-state index >= 15 is 0 Å². The first-order valence-corrected chi connectivity index (χ1v) is 6.20. The quantitative estimate of drug-likeness (QED) is 0.864. The van der Waals surface area contributed by atoms with Crippen LogP contribution in [0.3, 0.4) is 0 Å². The van der Waals surface area contributed by atoms with Crippen LogP contribution >= 0.6 is 0 Å². The number of aromatic nitrogens is 2. The minimum atomic E-state index is -0.00523. The summed E-state index contributed by atoms with van der Waals surface area (Å²) in [5.74, 6) is -0.00523. The molecule has 92 valence electrons. The molecule has 1 aliphatic carbocycles. The van der Waals surface area contributed by atoms with Gasteiger partial charge in [-0.25, -0.2) is 0 Å². The van der Waals surface area contributed by atoms with E-state index in [9.17, 15) is 4.79 Å². The van der Waals surface area contributed by atoms with Gasteiger partial charge in [-0.3, -0.25) is 9.89 Å². The Balaban J connectivity index is 1.67. The molecular formula is C14H15N3O. The summed E-state index contributed by atoms with van der Waals surface area (Å²) < 4.78 is 0. The lowest BCUT2D eigenvalue weighted by Crippen LogP contribution is -2.14. The number of benzene rings is 1. The fourth-order valence-corrected chi connectivity index (χ4v) is 2.44. The third-order valence-corrected chi connectivity index (χ3v) is 3.31. The molecule has 1 heterocycles. The van der Waals surface area contributed by atoms with Gasteiger partial charge in [-0.15, -0.1) is 0 Å². The molecule has 4 nitrogen and oxygen atoms in total. The van der Waals surface area contributed by atoms with Gasteiger partial charge in [0.15, 0.2) is 0 Å². The van der Waals surface area contributed by atoms with E-state index in [1.54, 1.807) is 12.4 Å². The molecule has 0 radical (unpaired) electrons. The van der Waals surface area contributed by atoms with Crippen LogP contribution in [0, 0.1) is 0 Å². The maximum atomic E-state index is 11.8. The fourth-order valence-electron chi connectivity index (χ4n) is 2.44. The van der Waals surface area contributed by atoms with E-state index in [0.717, 1.165) is 12.0 Å². The van der Waals surface area contributed by atoms with Crippen molar-refractivity contribution in [1.82, 2.24) is 10.2 Å². The van der Waals surface area contributed by atoms with Gasteiger partial charge in [0.1, 0.15) is 0 Å². The summed E-state index contributed by atoms with van der Waals surface area (Å²) in [7, 11) is 0. The number of hydrogen-bond acceptors (Lipinski definition) is 2. The standard InChI is InChI=1S/C14H15N3O/c18-14(17-13-8-15-16-9-13)7-10-4-5-11-2-1-3-12(11)6-10/h4-6,8-9H,1-3,7H2,(H,15,16)(H,17,18). The van der Waals surface area contributed by atoms with Crippen LogP contribution < -0.4 is 5.32 Å². The van der Waals surface area contributed by atoms with Crippen molar-refractivity contribution in [1.29, 1.82) is 0 Å². The van der Waals surface area contributed by atoms with Gasteiger partial charge in [0.25, 0.3) is 0 Å². The number of aromatic amines is 1. The molecule has 0 bridgehead atoms. The highest BCUT2D eigenvalue weighted by Crippen LogP contribution is 2.23. The first kappa shape index (κ1) is 11.0. The van der Waals surface area contributed by atoms with Crippen LogP contribution in [0.25, 0.3) is 0 Å². The first-order valence-electron chi connectivity index (χ1n) is 6.20. The minimum absolute atomic E-state index is 0.00523. The van der Waals surface area contributed by atoms with Crippen LogP contribution in [0.4, 0.5) is 5.69 Å². The van der Waals surface area contributed by atoms with Crippen molar-refractivity contribution < 1.29 is 4.79 Å². The number of amides is 1. The monoisotopic (exact) mass is 241 g/mol. The number of carbonyl (C=O) groups excluding carboxylic acids is 1. The van der Waals surface area contributed by atoms with Crippen LogP contribution in [-0.2, 0) is 24.1 Å². The number of nitrogens with zero attached hydrogens (tertiary/aromatic N) is 1. The molecule has 0 fully saturated rings. The Bertz CT molecular complexity index is 560. The second-order valence-electron chi connectivity index (χ2n) is 4.67. The Morgan fingerprint density at radius 1 is 1.33 bits per heavy atom. The molecule has 0 saturated heterocycles. The number of nitrogens with one attached hydrogen (secondary N) is 2. The van der Waals surface area contributed by atoms with Crippen molar-refractivity contribution in [3.05, 3.63) is 47.3 Å². The molecule has 0 saturated carbocycles. The molecule has 1 aliphatic rings. The van der Waals surface area contributed by atoms with Crippen LogP contribution in [0.5, 0.6) is 0 Å². The van der Waals surface area contributed by atoms with Gasteiger partial charge in [0, 0.05) is 6.20 Å². The molecule has 4 heteroatoms. The Labute approximate surface area is 105 Å². The third kappa shape index (κ3) is 2.27. The van der Waals surface area contributed by atoms with Crippen LogP contribution in [0.2, 0.25) is 0 Å². The van der Waals surface area contributed by atoms with E-state index < -0.39 is 0 Å². The number of fused-ring (bicyclic) bond motifs is 1. The molecule has 0 spiro atoms. The first-order chi connectivity index (χ1) is 8.81. The average Bonchev–Trinajstić information content (AvgIpc) is 2.98. The van der Waals surface area contributed by atoms with Gasteiger partial charge in [-0.1, -0.05) is 18.2 Å². The van der Waals surface area contributed by atoms with Gasteiger partial charge in [-0.2, -0.15) is 5.10 Å². The summed E-state index contributed by atoms with van der Waals surface area (Å²) in [6.07, 6.45) is 7.24. The maximum absolute atomic E-state index is 11.8. The number of H-pyrrole nitrogens is 1. The van der Waals surface area contributed by atoms with E-state index in [0.29, 0.717) is 12.1 Å². The third-order valence-electron chi connectivity index (χ3n) is 3.31. The van der Waals surface area contributed by atoms with E-state index in [2.05, 4.69) is 33.7 Å². The zero-order valence-corrected chi connectivity index (χ0v) is 10.1.